The summed E-state index contributed by atoms with van der Waals surface area (Å²) in [6.07, 6.45) is 1.65. The molecule has 1 amide bonds. The summed E-state index contributed by atoms with van der Waals surface area (Å²) < 4.78 is 28.1. The van der Waals surface area contributed by atoms with E-state index in [-0.39, 0.29) is 11.9 Å². The first-order valence-electron chi connectivity index (χ1n) is 12.0. The molecule has 4 rings (SSSR count). The zero-order valence-corrected chi connectivity index (χ0v) is 21.5. The van der Waals surface area contributed by atoms with E-state index in [9.17, 15) is 4.79 Å². The van der Waals surface area contributed by atoms with Crippen LogP contribution in [0.15, 0.2) is 54.6 Å². The van der Waals surface area contributed by atoms with Crippen molar-refractivity contribution >= 4 is 5.91 Å². The Kier molecular flexibility index (Phi) is 7.88. The molecule has 0 N–H and O–H groups in total. The van der Waals surface area contributed by atoms with Gasteiger partial charge in [-0.05, 0) is 72.0 Å². The van der Waals surface area contributed by atoms with Crippen molar-refractivity contribution in [1.29, 1.82) is 0 Å². The molecule has 7 nitrogen and oxygen atoms in total. The first-order valence-corrected chi connectivity index (χ1v) is 12.0. The number of aryl methyl sites for hydroxylation is 1. The normalized spacial score (nSPS) is 14.6. The molecule has 1 aliphatic heterocycles. The molecular formula is C29H33NO6. The lowest BCUT2D eigenvalue weighted by Gasteiger charge is -2.37. The number of carbonyl (C=O) groups excluding carboxylic acids is 1. The molecule has 0 bridgehead atoms. The first kappa shape index (κ1) is 25.2. The summed E-state index contributed by atoms with van der Waals surface area (Å²) in [6, 6.07) is 16.9. The van der Waals surface area contributed by atoms with Gasteiger partial charge in [0.25, 0.3) is 5.91 Å². The fourth-order valence-corrected chi connectivity index (χ4v) is 4.58. The second-order valence-electron chi connectivity index (χ2n) is 8.55. The third kappa shape index (κ3) is 5.05. The molecule has 0 unspecified atom stereocenters. The summed E-state index contributed by atoms with van der Waals surface area (Å²) >= 11 is 0. The quantitative estimate of drug-likeness (QED) is 0.415. The molecule has 3 aromatic rings. The monoisotopic (exact) mass is 491 g/mol. The molecular weight excluding hydrogens is 458 g/mol. The highest BCUT2D eigenvalue weighted by Crippen LogP contribution is 2.39. The highest BCUT2D eigenvalue weighted by Gasteiger charge is 2.33. The number of hydrogen-bond donors (Lipinski definition) is 0. The molecule has 0 aliphatic carbocycles. The fraction of sp³-hybridized carbons (Fsp3) is 0.345. The van der Waals surface area contributed by atoms with Gasteiger partial charge in [0.1, 0.15) is 12.4 Å². The van der Waals surface area contributed by atoms with Crippen molar-refractivity contribution < 1.29 is 28.5 Å². The van der Waals surface area contributed by atoms with Crippen molar-refractivity contribution in [1.82, 2.24) is 4.90 Å². The van der Waals surface area contributed by atoms with Gasteiger partial charge >= 0.3 is 0 Å². The summed E-state index contributed by atoms with van der Waals surface area (Å²) in [5.74, 6) is 3.03. The van der Waals surface area contributed by atoms with Crippen LogP contribution in [-0.2, 0) is 12.8 Å². The van der Waals surface area contributed by atoms with E-state index in [1.54, 1.807) is 46.6 Å². The lowest BCUT2D eigenvalue weighted by atomic mass is 9.91. The highest BCUT2D eigenvalue weighted by molar-refractivity contribution is 5.95. The molecule has 0 saturated carbocycles. The van der Waals surface area contributed by atoms with Gasteiger partial charge < -0.3 is 28.6 Å². The van der Waals surface area contributed by atoms with Gasteiger partial charge in [0, 0.05) is 12.1 Å². The molecule has 0 fully saturated rings. The van der Waals surface area contributed by atoms with Crippen LogP contribution in [0.3, 0.4) is 0 Å². The third-order valence-corrected chi connectivity index (χ3v) is 6.63. The van der Waals surface area contributed by atoms with Crippen LogP contribution < -0.4 is 23.7 Å². The molecule has 7 heteroatoms. The minimum atomic E-state index is -0.319. The number of amides is 1. The number of nitrogens with zero attached hydrogens (tertiary/aromatic N) is 1. The number of fused-ring (bicyclic) bond motifs is 1. The molecule has 0 radical (unpaired) electrons. The highest BCUT2D eigenvalue weighted by atomic mass is 16.5. The van der Waals surface area contributed by atoms with E-state index < -0.39 is 0 Å². The number of carbonyl (C=O) groups is 1. The van der Waals surface area contributed by atoms with Crippen LogP contribution in [-0.4, -0.2) is 52.4 Å². The van der Waals surface area contributed by atoms with E-state index in [0.29, 0.717) is 48.1 Å². The van der Waals surface area contributed by atoms with Gasteiger partial charge in [-0.25, -0.2) is 0 Å². The predicted molar refractivity (Wildman–Crippen MR) is 138 cm³/mol. The minimum absolute atomic E-state index is 0.105. The third-order valence-electron chi connectivity index (χ3n) is 6.63. The van der Waals surface area contributed by atoms with Gasteiger partial charge in [-0.2, -0.15) is 0 Å². The van der Waals surface area contributed by atoms with E-state index in [1.165, 1.54) is 5.56 Å². The fourth-order valence-electron chi connectivity index (χ4n) is 4.58. The second kappa shape index (κ2) is 11.2. The first-order chi connectivity index (χ1) is 17.5. The van der Waals surface area contributed by atoms with Crippen molar-refractivity contribution in [3.63, 3.8) is 0 Å². The maximum atomic E-state index is 13.8. The summed E-state index contributed by atoms with van der Waals surface area (Å²) in [5, 5.41) is 0. The Morgan fingerprint density at radius 1 is 0.833 bits per heavy atom. The molecule has 0 saturated heterocycles. The Balaban J connectivity index is 1.69. The van der Waals surface area contributed by atoms with E-state index in [4.69, 9.17) is 23.7 Å². The molecule has 3 aromatic carbocycles. The average molecular weight is 492 g/mol. The number of benzene rings is 3. The SMILES string of the molecule is CCc1ccc(OC[C@H]2c3cc(OC)c(OC)cc3CCN2C(=O)c2ccc(OC)c(OC)c2)cc1. The molecule has 0 spiro atoms. The molecule has 190 valence electrons. The van der Waals surface area contributed by atoms with Crippen LogP contribution in [0.1, 0.15) is 40.0 Å². The Bertz CT molecular complexity index is 1210. The van der Waals surface area contributed by atoms with E-state index in [0.717, 1.165) is 23.3 Å². The lowest BCUT2D eigenvalue weighted by molar-refractivity contribution is 0.0589. The summed E-state index contributed by atoms with van der Waals surface area (Å²) in [5.41, 5.74) is 3.86. The van der Waals surface area contributed by atoms with Crippen molar-refractivity contribution in [3.05, 3.63) is 76.9 Å². The van der Waals surface area contributed by atoms with Crippen LogP contribution in [0.5, 0.6) is 28.7 Å². The van der Waals surface area contributed by atoms with Crippen molar-refractivity contribution in [3.8, 4) is 28.7 Å². The molecule has 1 heterocycles. The topological polar surface area (TPSA) is 66.5 Å². The summed E-state index contributed by atoms with van der Waals surface area (Å²) in [7, 11) is 6.37. The van der Waals surface area contributed by atoms with Crippen LogP contribution in [0.4, 0.5) is 0 Å². The summed E-state index contributed by atoms with van der Waals surface area (Å²) in [6.45, 7) is 2.96. The lowest BCUT2D eigenvalue weighted by Crippen LogP contribution is -2.42. The van der Waals surface area contributed by atoms with Crippen molar-refractivity contribution in [2.24, 2.45) is 0 Å². The number of methoxy groups -OCH3 is 4. The van der Waals surface area contributed by atoms with Crippen LogP contribution in [0.25, 0.3) is 0 Å². The molecule has 1 atom stereocenters. The van der Waals surface area contributed by atoms with E-state index in [2.05, 4.69) is 19.1 Å². The van der Waals surface area contributed by atoms with Gasteiger partial charge in [0.2, 0.25) is 0 Å². The van der Waals surface area contributed by atoms with E-state index in [1.807, 2.05) is 29.2 Å². The maximum absolute atomic E-state index is 13.8. The zero-order chi connectivity index (χ0) is 25.7. The van der Waals surface area contributed by atoms with Gasteiger partial charge in [-0.1, -0.05) is 19.1 Å². The Hall–Kier alpha value is -3.87. The standard InChI is InChI=1S/C29H33NO6/c1-6-19-7-10-22(11-8-19)36-18-24-23-17-28(35-5)27(34-4)15-20(23)13-14-30(24)29(31)21-9-12-25(32-2)26(16-21)33-3/h7-12,15-17,24H,6,13-14,18H2,1-5H3/t24-/m0/s1. The number of hydrogen-bond acceptors (Lipinski definition) is 6. The Morgan fingerprint density at radius 2 is 1.47 bits per heavy atom. The van der Waals surface area contributed by atoms with Crippen LogP contribution >= 0.6 is 0 Å². The van der Waals surface area contributed by atoms with Gasteiger partial charge in [0.15, 0.2) is 23.0 Å². The predicted octanol–water partition coefficient (Wildman–Crippen LogP) is 5.10. The van der Waals surface area contributed by atoms with E-state index >= 15 is 0 Å². The molecule has 0 aromatic heterocycles. The van der Waals surface area contributed by atoms with Crippen molar-refractivity contribution in [2.75, 3.05) is 41.6 Å². The van der Waals surface area contributed by atoms with Crippen LogP contribution in [0, 0.1) is 0 Å². The van der Waals surface area contributed by atoms with Crippen molar-refractivity contribution in [2.45, 2.75) is 25.8 Å². The Morgan fingerprint density at radius 3 is 2.11 bits per heavy atom. The maximum Gasteiger partial charge on any atom is 0.254 e. The molecule has 36 heavy (non-hydrogen) atoms. The van der Waals surface area contributed by atoms with Gasteiger partial charge in [-0.15, -0.1) is 0 Å². The second-order valence-corrected chi connectivity index (χ2v) is 8.55. The average Bonchev–Trinajstić information content (AvgIpc) is 2.94. The zero-order valence-electron chi connectivity index (χ0n) is 21.5. The number of ether oxygens (including phenoxy) is 5. The summed E-state index contributed by atoms with van der Waals surface area (Å²) in [4.78, 5) is 15.6. The minimum Gasteiger partial charge on any atom is -0.493 e. The number of rotatable bonds is 9. The van der Waals surface area contributed by atoms with Crippen LogP contribution in [0.2, 0.25) is 0 Å². The largest absolute Gasteiger partial charge is 0.493 e. The molecule has 1 aliphatic rings. The van der Waals surface area contributed by atoms with Gasteiger partial charge in [0.05, 0.1) is 34.5 Å². The smallest absolute Gasteiger partial charge is 0.254 e. The Labute approximate surface area is 212 Å². The van der Waals surface area contributed by atoms with Gasteiger partial charge in [-0.3, -0.25) is 4.79 Å².